The minimum absolute atomic E-state index is 0.133. The highest BCUT2D eigenvalue weighted by atomic mass is 19.4. The number of carbonyl (C=O) groups excluding carboxylic acids is 1. The van der Waals surface area contributed by atoms with Gasteiger partial charge in [-0.25, -0.2) is 0 Å². The number of benzene rings is 1. The standard InChI is InChI=1S/C11H7F6NO2/c12-10(13,14)9(20,11(15,16)17)6-2-1-5-3-8(19)18-7(5)4-6/h1-2,4,20H,3H2,(H,18,19). The maximum atomic E-state index is 12.7. The first-order valence-electron chi connectivity index (χ1n) is 5.26. The highest BCUT2D eigenvalue weighted by Gasteiger charge is 2.71. The Bertz CT molecular complexity index is 549. The molecule has 1 aromatic rings. The number of hydrogen-bond donors (Lipinski definition) is 2. The molecule has 9 heteroatoms. The van der Waals surface area contributed by atoms with Gasteiger partial charge in [-0.05, 0) is 11.6 Å². The van der Waals surface area contributed by atoms with E-state index in [1.54, 1.807) is 0 Å². The molecule has 0 saturated carbocycles. The number of carbonyl (C=O) groups is 1. The number of nitrogens with one attached hydrogen (secondary N) is 1. The molecule has 0 spiro atoms. The summed E-state index contributed by atoms with van der Waals surface area (Å²) in [4.78, 5) is 11.0. The molecule has 0 saturated heterocycles. The van der Waals surface area contributed by atoms with Crippen LogP contribution in [-0.4, -0.2) is 23.4 Å². The summed E-state index contributed by atoms with van der Waals surface area (Å²) in [5.41, 5.74) is -6.27. The summed E-state index contributed by atoms with van der Waals surface area (Å²) in [5, 5.41) is 11.3. The van der Waals surface area contributed by atoms with Gasteiger partial charge in [-0.15, -0.1) is 0 Å². The van der Waals surface area contributed by atoms with Crippen LogP contribution in [0.1, 0.15) is 11.1 Å². The fourth-order valence-corrected chi connectivity index (χ4v) is 1.93. The SMILES string of the molecule is O=C1Cc2ccc(C(O)(C(F)(F)F)C(F)(F)F)cc2N1. The van der Waals surface area contributed by atoms with Crippen LogP contribution >= 0.6 is 0 Å². The molecule has 20 heavy (non-hydrogen) atoms. The van der Waals surface area contributed by atoms with Crippen molar-refractivity contribution in [2.75, 3.05) is 5.32 Å². The normalized spacial score (nSPS) is 16.1. The summed E-state index contributed by atoms with van der Waals surface area (Å²) in [7, 11) is 0. The maximum absolute atomic E-state index is 12.7. The number of aliphatic hydroxyl groups is 1. The van der Waals surface area contributed by atoms with Gasteiger partial charge in [-0.1, -0.05) is 12.1 Å². The molecule has 1 amide bonds. The molecule has 3 nitrogen and oxygen atoms in total. The highest BCUT2D eigenvalue weighted by Crippen LogP contribution is 2.50. The van der Waals surface area contributed by atoms with E-state index in [9.17, 15) is 36.2 Å². The van der Waals surface area contributed by atoms with Crippen molar-refractivity contribution in [3.63, 3.8) is 0 Å². The number of hydrogen-bond acceptors (Lipinski definition) is 2. The molecule has 0 unspecified atom stereocenters. The third-order valence-corrected chi connectivity index (χ3v) is 2.97. The van der Waals surface area contributed by atoms with Crippen molar-refractivity contribution in [2.45, 2.75) is 24.4 Å². The number of fused-ring (bicyclic) bond motifs is 1. The molecule has 2 rings (SSSR count). The number of anilines is 1. The predicted molar refractivity (Wildman–Crippen MR) is 54.8 cm³/mol. The fourth-order valence-electron chi connectivity index (χ4n) is 1.93. The Kier molecular flexibility index (Phi) is 3.01. The lowest BCUT2D eigenvalue weighted by Crippen LogP contribution is -2.53. The molecule has 1 aromatic carbocycles. The van der Waals surface area contributed by atoms with E-state index in [1.165, 1.54) is 0 Å². The molecular weight excluding hydrogens is 292 g/mol. The molecule has 0 bridgehead atoms. The van der Waals surface area contributed by atoms with Crippen molar-refractivity contribution in [1.82, 2.24) is 0 Å². The summed E-state index contributed by atoms with van der Waals surface area (Å²) in [5.74, 6) is -0.542. The van der Waals surface area contributed by atoms with Gasteiger partial charge in [-0.3, -0.25) is 4.79 Å². The Balaban J connectivity index is 2.58. The maximum Gasteiger partial charge on any atom is 0.430 e. The predicted octanol–water partition coefficient (Wildman–Crippen LogP) is 2.49. The quantitative estimate of drug-likeness (QED) is 0.783. The number of alkyl halides is 6. The Labute approximate surface area is 108 Å². The Morgan fingerprint density at radius 1 is 1.05 bits per heavy atom. The van der Waals surface area contributed by atoms with E-state index in [1.807, 2.05) is 0 Å². The summed E-state index contributed by atoms with van der Waals surface area (Å²) < 4.78 is 75.9. The van der Waals surface area contributed by atoms with Crippen molar-refractivity contribution in [2.24, 2.45) is 0 Å². The van der Waals surface area contributed by atoms with E-state index in [2.05, 4.69) is 5.32 Å². The second-order valence-electron chi connectivity index (χ2n) is 4.30. The molecule has 0 aliphatic carbocycles. The second kappa shape index (κ2) is 4.11. The van der Waals surface area contributed by atoms with E-state index in [0.29, 0.717) is 12.1 Å². The van der Waals surface area contributed by atoms with Crippen LogP contribution in [-0.2, 0) is 16.8 Å². The Morgan fingerprint density at radius 3 is 2.10 bits per heavy atom. The highest BCUT2D eigenvalue weighted by molar-refractivity contribution is 5.99. The number of halogens is 6. The van der Waals surface area contributed by atoms with Crippen molar-refractivity contribution >= 4 is 11.6 Å². The van der Waals surface area contributed by atoms with Crippen LogP contribution in [0.5, 0.6) is 0 Å². The van der Waals surface area contributed by atoms with Gasteiger partial charge in [0.2, 0.25) is 5.91 Å². The van der Waals surface area contributed by atoms with Crippen LogP contribution in [0.25, 0.3) is 0 Å². The van der Waals surface area contributed by atoms with Crippen molar-refractivity contribution in [1.29, 1.82) is 0 Å². The van der Waals surface area contributed by atoms with Crippen LogP contribution < -0.4 is 5.32 Å². The molecule has 1 aliphatic heterocycles. The summed E-state index contributed by atoms with van der Waals surface area (Å²) >= 11 is 0. The zero-order valence-electron chi connectivity index (χ0n) is 9.56. The molecular formula is C11H7F6NO2. The van der Waals surface area contributed by atoms with E-state index in [-0.39, 0.29) is 17.7 Å². The van der Waals surface area contributed by atoms with Crippen molar-refractivity contribution < 1.29 is 36.2 Å². The minimum atomic E-state index is -5.94. The molecule has 110 valence electrons. The van der Waals surface area contributed by atoms with E-state index < -0.39 is 29.4 Å². The third kappa shape index (κ3) is 2.01. The second-order valence-corrected chi connectivity index (χ2v) is 4.30. The van der Waals surface area contributed by atoms with Crippen LogP contribution in [0.4, 0.5) is 32.0 Å². The lowest BCUT2D eigenvalue weighted by Gasteiger charge is -2.32. The van der Waals surface area contributed by atoms with Gasteiger partial charge in [-0.2, -0.15) is 26.3 Å². The zero-order chi connectivity index (χ0) is 15.3. The van der Waals surface area contributed by atoms with Crippen molar-refractivity contribution in [3.05, 3.63) is 29.3 Å². The molecule has 1 aliphatic rings. The van der Waals surface area contributed by atoms with Crippen LogP contribution in [0.2, 0.25) is 0 Å². The van der Waals surface area contributed by atoms with Gasteiger partial charge in [0.05, 0.1) is 6.42 Å². The fraction of sp³-hybridized carbons (Fsp3) is 0.364. The molecule has 2 N–H and O–H groups in total. The largest absolute Gasteiger partial charge is 0.430 e. The lowest BCUT2D eigenvalue weighted by atomic mass is 9.91. The van der Waals surface area contributed by atoms with Gasteiger partial charge in [0.1, 0.15) is 0 Å². The summed E-state index contributed by atoms with van der Waals surface area (Å²) in [6, 6.07) is 1.95. The van der Waals surface area contributed by atoms with Crippen molar-refractivity contribution in [3.8, 4) is 0 Å². The minimum Gasteiger partial charge on any atom is -0.369 e. The molecule has 0 fully saturated rings. The van der Waals surface area contributed by atoms with Gasteiger partial charge < -0.3 is 10.4 Å². The van der Waals surface area contributed by atoms with Gasteiger partial charge in [0.25, 0.3) is 5.60 Å². The first-order chi connectivity index (χ1) is 8.97. The topological polar surface area (TPSA) is 49.3 Å². The summed E-state index contributed by atoms with van der Waals surface area (Å²) in [6.07, 6.45) is -12.0. The Morgan fingerprint density at radius 2 is 1.60 bits per heavy atom. The van der Waals surface area contributed by atoms with E-state index in [4.69, 9.17) is 0 Å². The van der Waals surface area contributed by atoms with Gasteiger partial charge in [0.15, 0.2) is 0 Å². The first-order valence-corrected chi connectivity index (χ1v) is 5.26. The molecule has 0 radical (unpaired) electrons. The molecule has 1 heterocycles. The van der Waals surface area contributed by atoms with E-state index in [0.717, 1.165) is 6.07 Å². The lowest BCUT2D eigenvalue weighted by molar-refractivity contribution is -0.376. The van der Waals surface area contributed by atoms with Crippen LogP contribution in [0, 0.1) is 0 Å². The first kappa shape index (κ1) is 14.6. The summed E-state index contributed by atoms with van der Waals surface area (Å²) in [6.45, 7) is 0. The number of rotatable bonds is 1. The zero-order valence-corrected chi connectivity index (χ0v) is 9.56. The number of amides is 1. The average molecular weight is 299 g/mol. The monoisotopic (exact) mass is 299 g/mol. The Hall–Kier alpha value is -1.77. The van der Waals surface area contributed by atoms with Gasteiger partial charge in [0, 0.05) is 11.3 Å². The molecule has 0 aromatic heterocycles. The average Bonchev–Trinajstić information content (AvgIpc) is 2.63. The van der Waals surface area contributed by atoms with Crippen LogP contribution in [0.3, 0.4) is 0 Å². The smallest absolute Gasteiger partial charge is 0.369 e. The third-order valence-electron chi connectivity index (χ3n) is 2.97. The molecule has 0 atom stereocenters. The van der Waals surface area contributed by atoms with Crippen LogP contribution in [0.15, 0.2) is 18.2 Å². The van der Waals surface area contributed by atoms with E-state index >= 15 is 0 Å². The van der Waals surface area contributed by atoms with Gasteiger partial charge >= 0.3 is 12.4 Å².